The highest BCUT2D eigenvalue weighted by Crippen LogP contribution is 2.14. The predicted molar refractivity (Wildman–Crippen MR) is 76.8 cm³/mol. The van der Waals surface area contributed by atoms with Gasteiger partial charge in [-0.1, -0.05) is 6.07 Å². The fourth-order valence-electron chi connectivity index (χ4n) is 1.65. The van der Waals surface area contributed by atoms with E-state index in [-0.39, 0.29) is 5.91 Å². The summed E-state index contributed by atoms with van der Waals surface area (Å²) in [6, 6.07) is 9.37. The molecule has 0 aliphatic rings. The maximum atomic E-state index is 12.2. The Morgan fingerprint density at radius 3 is 2.68 bits per heavy atom. The highest BCUT2D eigenvalue weighted by Gasteiger charge is 2.15. The second kappa shape index (κ2) is 6.43. The van der Waals surface area contributed by atoms with Crippen LogP contribution >= 0.6 is 15.9 Å². The fourth-order valence-corrected chi connectivity index (χ4v) is 2.08. The molecule has 0 fully saturated rings. The quantitative estimate of drug-likeness (QED) is 0.870. The highest BCUT2D eigenvalue weighted by molar-refractivity contribution is 9.10. The van der Waals surface area contributed by atoms with Gasteiger partial charge < -0.3 is 4.90 Å². The van der Waals surface area contributed by atoms with E-state index in [9.17, 15) is 4.79 Å². The first-order valence-corrected chi connectivity index (χ1v) is 6.73. The molecule has 0 aliphatic heterocycles. The van der Waals surface area contributed by atoms with Gasteiger partial charge in [-0.15, -0.1) is 0 Å². The first-order valence-electron chi connectivity index (χ1n) is 5.94. The summed E-state index contributed by atoms with van der Waals surface area (Å²) in [7, 11) is 1.77. The summed E-state index contributed by atoms with van der Waals surface area (Å²) >= 11 is 3.34. The van der Waals surface area contributed by atoms with Crippen LogP contribution in [0.4, 0.5) is 0 Å². The molecule has 2 heterocycles. The number of rotatable bonds is 4. The molecule has 0 aliphatic carbocycles. The monoisotopic (exact) mass is 319 g/mol. The van der Waals surface area contributed by atoms with Gasteiger partial charge in [-0.3, -0.25) is 9.78 Å². The number of aromatic nitrogens is 2. The Kier molecular flexibility index (Phi) is 4.63. The van der Waals surface area contributed by atoms with Crippen LogP contribution in [0.2, 0.25) is 0 Å². The van der Waals surface area contributed by atoms with Gasteiger partial charge in [0.15, 0.2) is 0 Å². The van der Waals surface area contributed by atoms with Crippen molar-refractivity contribution >= 4 is 21.8 Å². The van der Waals surface area contributed by atoms with Gasteiger partial charge in [0.1, 0.15) is 5.69 Å². The molecule has 0 N–H and O–H groups in total. The van der Waals surface area contributed by atoms with Crippen LogP contribution in [-0.2, 0) is 6.42 Å². The van der Waals surface area contributed by atoms with Crippen molar-refractivity contribution in [3.05, 3.63) is 58.6 Å². The standard InChI is InChI=1S/C14H14BrN3O/c1-18(10-7-11-5-2-3-8-16-11)14(19)13-12(15)6-4-9-17-13/h2-6,8-9H,7,10H2,1H3. The summed E-state index contributed by atoms with van der Waals surface area (Å²) in [6.07, 6.45) is 4.10. The molecule has 0 saturated heterocycles. The molecule has 0 atom stereocenters. The van der Waals surface area contributed by atoms with Crippen LogP contribution in [-0.4, -0.2) is 34.4 Å². The molecule has 5 heteroatoms. The molecule has 0 unspecified atom stereocenters. The minimum atomic E-state index is -0.0941. The zero-order valence-corrected chi connectivity index (χ0v) is 12.2. The molecule has 0 aromatic carbocycles. The Morgan fingerprint density at radius 1 is 1.21 bits per heavy atom. The van der Waals surface area contributed by atoms with Gasteiger partial charge in [0.2, 0.25) is 0 Å². The first-order chi connectivity index (χ1) is 9.18. The molecule has 0 spiro atoms. The normalized spacial score (nSPS) is 10.2. The maximum absolute atomic E-state index is 12.2. The van der Waals surface area contributed by atoms with E-state index in [4.69, 9.17) is 0 Å². The molecule has 0 saturated carbocycles. The minimum absolute atomic E-state index is 0.0941. The van der Waals surface area contributed by atoms with Crippen LogP contribution < -0.4 is 0 Å². The number of pyridine rings is 2. The van der Waals surface area contributed by atoms with Crippen molar-refractivity contribution < 1.29 is 4.79 Å². The van der Waals surface area contributed by atoms with Crippen molar-refractivity contribution in [2.45, 2.75) is 6.42 Å². The van der Waals surface area contributed by atoms with E-state index in [1.165, 1.54) is 0 Å². The molecule has 98 valence electrons. The largest absolute Gasteiger partial charge is 0.340 e. The summed E-state index contributed by atoms with van der Waals surface area (Å²) in [5.74, 6) is -0.0941. The van der Waals surface area contributed by atoms with Crippen molar-refractivity contribution in [2.24, 2.45) is 0 Å². The molecule has 4 nitrogen and oxygen atoms in total. The zero-order valence-electron chi connectivity index (χ0n) is 10.6. The average molecular weight is 320 g/mol. The summed E-state index contributed by atoms with van der Waals surface area (Å²) < 4.78 is 0.713. The third kappa shape index (κ3) is 3.61. The Balaban J connectivity index is 1.99. The van der Waals surface area contributed by atoms with Crippen molar-refractivity contribution in [1.82, 2.24) is 14.9 Å². The summed E-state index contributed by atoms with van der Waals surface area (Å²) in [5, 5.41) is 0. The van der Waals surface area contributed by atoms with Gasteiger partial charge in [-0.25, -0.2) is 4.98 Å². The van der Waals surface area contributed by atoms with E-state index >= 15 is 0 Å². The number of hydrogen-bond donors (Lipinski definition) is 0. The summed E-state index contributed by atoms with van der Waals surface area (Å²) in [4.78, 5) is 22.2. The van der Waals surface area contributed by atoms with Gasteiger partial charge >= 0.3 is 0 Å². The van der Waals surface area contributed by atoms with Crippen molar-refractivity contribution in [2.75, 3.05) is 13.6 Å². The van der Waals surface area contributed by atoms with Crippen LogP contribution in [0.1, 0.15) is 16.2 Å². The van der Waals surface area contributed by atoms with Gasteiger partial charge in [0.25, 0.3) is 5.91 Å². The number of hydrogen-bond acceptors (Lipinski definition) is 3. The van der Waals surface area contributed by atoms with Gasteiger partial charge in [-0.05, 0) is 40.2 Å². The lowest BCUT2D eigenvalue weighted by Crippen LogP contribution is -2.30. The SMILES string of the molecule is CN(CCc1ccccn1)C(=O)c1ncccc1Br. The smallest absolute Gasteiger partial charge is 0.273 e. The lowest BCUT2D eigenvalue weighted by atomic mass is 10.2. The number of nitrogens with zero attached hydrogens (tertiary/aromatic N) is 3. The summed E-state index contributed by atoms with van der Waals surface area (Å²) in [6.45, 7) is 0.610. The van der Waals surface area contributed by atoms with E-state index < -0.39 is 0 Å². The first kappa shape index (κ1) is 13.7. The Hall–Kier alpha value is -1.75. The van der Waals surface area contributed by atoms with Crippen LogP contribution in [0.25, 0.3) is 0 Å². The maximum Gasteiger partial charge on any atom is 0.273 e. The third-order valence-electron chi connectivity index (χ3n) is 2.74. The zero-order chi connectivity index (χ0) is 13.7. The minimum Gasteiger partial charge on any atom is -0.340 e. The Bertz CT molecular complexity index is 560. The molecule has 2 rings (SSSR count). The molecule has 0 bridgehead atoms. The summed E-state index contributed by atoms with van der Waals surface area (Å²) in [5.41, 5.74) is 1.41. The third-order valence-corrected chi connectivity index (χ3v) is 3.38. The lowest BCUT2D eigenvalue weighted by Gasteiger charge is -2.16. The van der Waals surface area contributed by atoms with Crippen LogP contribution in [0.3, 0.4) is 0 Å². The van der Waals surface area contributed by atoms with Gasteiger partial charge in [0.05, 0.1) is 0 Å². The van der Waals surface area contributed by atoms with E-state index in [1.54, 1.807) is 30.4 Å². The number of carbonyl (C=O) groups excluding carboxylic acids is 1. The van der Waals surface area contributed by atoms with E-state index in [0.717, 1.165) is 12.1 Å². The molecular weight excluding hydrogens is 306 g/mol. The second-order valence-corrected chi connectivity index (χ2v) is 4.99. The molecule has 0 radical (unpaired) electrons. The van der Waals surface area contributed by atoms with Gasteiger partial charge in [0, 0.05) is 42.6 Å². The predicted octanol–water partition coefficient (Wildman–Crippen LogP) is 2.55. The average Bonchev–Trinajstić information content (AvgIpc) is 2.45. The molecular formula is C14H14BrN3O. The number of halogens is 1. The van der Waals surface area contributed by atoms with Crippen molar-refractivity contribution in [3.63, 3.8) is 0 Å². The topological polar surface area (TPSA) is 46.1 Å². The Morgan fingerprint density at radius 2 is 2.00 bits per heavy atom. The number of amides is 1. The highest BCUT2D eigenvalue weighted by atomic mass is 79.9. The van der Waals surface area contributed by atoms with Crippen LogP contribution in [0.15, 0.2) is 47.2 Å². The van der Waals surface area contributed by atoms with Crippen LogP contribution in [0, 0.1) is 0 Å². The lowest BCUT2D eigenvalue weighted by molar-refractivity contribution is 0.0789. The molecule has 1 amide bonds. The second-order valence-electron chi connectivity index (χ2n) is 4.13. The fraction of sp³-hybridized carbons (Fsp3) is 0.214. The molecule has 19 heavy (non-hydrogen) atoms. The van der Waals surface area contributed by atoms with Crippen molar-refractivity contribution in [3.8, 4) is 0 Å². The van der Waals surface area contributed by atoms with Crippen molar-refractivity contribution in [1.29, 1.82) is 0 Å². The van der Waals surface area contributed by atoms with Gasteiger partial charge in [-0.2, -0.15) is 0 Å². The molecule has 2 aromatic heterocycles. The molecule has 2 aromatic rings. The van der Waals surface area contributed by atoms with Crippen LogP contribution in [0.5, 0.6) is 0 Å². The van der Waals surface area contributed by atoms with E-state index in [1.807, 2.05) is 24.3 Å². The van der Waals surface area contributed by atoms with E-state index in [2.05, 4.69) is 25.9 Å². The number of likely N-dealkylation sites (N-methyl/N-ethyl adjacent to an activating group) is 1. The number of carbonyl (C=O) groups is 1. The Labute approximate surface area is 120 Å². The van der Waals surface area contributed by atoms with E-state index in [0.29, 0.717) is 16.7 Å².